The minimum Gasteiger partial charge on any atom is -0.466 e. The molecule has 1 aromatic rings. The van der Waals surface area contributed by atoms with E-state index in [0.29, 0.717) is 12.2 Å². The van der Waals surface area contributed by atoms with E-state index in [2.05, 4.69) is 43.5 Å². The number of aromatic nitrogens is 1. The molecule has 0 fully saturated rings. The van der Waals surface area contributed by atoms with Gasteiger partial charge in [-0.3, -0.25) is 9.78 Å². The number of carbonyl (C=O) groups is 1. The number of nitrogens with zero attached hydrogens (tertiary/aromatic N) is 1. The number of rotatable bonds is 4. The van der Waals surface area contributed by atoms with Crippen LogP contribution >= 0.6 is 38.5 Å². The molecule has 0 saturated carbocycles. The van der Waals surface area contributed by atoms with Crippen LogP contribution in [0.25, 0.3) is 5.57 Å². The molecule has 0 aliphatic carbocycles. The summed E-state index contributed by atoms with van der Waals surface area (Å²) in [5.74, 6) is 1.33. The summed E-state index contributed by atoms with van der Waals surface area (Å²) < 4.78 is 6.38. The summed E-state index contributed by atoms with van der Waals surface area (Å²) in [4.78, 5) is 26.2. The molecule has 0 saturated heterocycles. The van der Waals surface area contributed by atoms with Crippen molar-refractivity contribution in [2.24, 2.45) is 0 Å². The lowest BCUT2D eigenvalue weighted by atomic mass is 10.1. The van der Waals surface area contributed by atoms with E-state index in [1.54, 1.807) is 19.1 Å². The zero-order valence-corrected chi connectivity index (χ0v) is 12.7. The Bertz CT molecular complexity index is 484. The van der Waals surface area contributed by atoms with Gasteiger partial charge in [-0.25, -0.2) is 4.79 Å². The van der Waals surface area contributed by atoms with Crippen molar-refractivity contribution in [3.8, 4) is 0 Å². The average Bonchev–Trinajstić information content (AvgIpc) is 2.30. The van der Waals surface area contributed by atoms with E-state index in [1.165, 1.54) is 6.20 Å². The topological polar surface area (TPSA) is 56.3 Å². The van der Waals surface area contributed by atoms with Crippen molar-refractivity contribution in [1.29, 1.82) is 0 Å². The summed E-state index contributed by atoms with van der Waals surface area (Å²) in [6, 6.07) is 0. The van der Waals surface area contributed by atoms with E-state index in [9.17, 15) is 9.59 Å². The first-order chi connectivity index (χ1) is 8.10. The molecular weight excluding hydrogens is 401 g/mol. The Morgan fingerprint density at radius 2 is 2.29 bits per heavy atom. The molecule has 0 bridgehead atoms. The van der Waals surface area contributed by atoms with Crippen LogP contribution in [-0.4, -0.2) is 23.5 Å². The van der Waals surface area contributed by atoms with Gasteiger partial charge in [0.2, 0.25) is 0 Å². The highest BCUT2D eigenvalue weighted by atomic mass is 127. The molecule has 1 aromatic heterocycles. The van der Waals surface area contributed by atoms with Gasteiger partial charge in [0.05, 0.1) is 18.6 Å². The van der Waals surface area contributed by atoms with Crippen molar-refractivity contribution in [1.82, 2.24) is 4.98 Å². The smallest absolute Gasteiger partial charge is 0.311 e. The van der Waals surface area contributed by atoms with E-state index in [4.69, 9.17) is 4.74 Å². The van der Waals surface area contributed by atoms with Gasteiger partial charge in [0.25, 0.3) is 0 Å². The molecule has 4 nitrogen and oxygen atoms in total. The minimum atomic E-state index is -0.443. The van der Waals surface area contributed by atoms with Crippen LogP contribution < -0.4 is 0 Å². The number of pyridine rings is 1. The Kier molecular flexibility index (Phi) is 5.80. The molecule has 0 amide bonds. The minimum absolute atomic E-state index is 0.0918. The highest BCUT2D eigenvalue weighted by Crippen LogP contribution is 2.27. The Morgan fingerprint density at radius 1 is 1.59 bits per heavy atom. The van der Waals surface area contributed by atoms with Crippen LogP contribution in [0.15, 0.2) is 16.9 Å². The van der Waals surface area contributed by atoms with Crippen LogP contribution in [0.1, 0.15) is 18.9 Å². The fraction of sp³-hybridized carbons (Fsp3) is 0.273. The molecule has 1 rings (SSSR count). The lowest BCUT2D eigenvalue weighted by Gasteiger charge is -2.06. The predicted molar refractivity (Wildman–Crippen MR) is 75.0 cm³/mol. The number of carbonyl (C=O) groups excluding carboxylic acids is 2. The van der Waals surface area contributed by atoms with E-state index < -0.39 is 5.97 Å². The van der Waals surface area contributed by atoms with E-state index in [-0.39, 0.29) is 12.0 Å². The van der Waals surface area contributed by atoms with Gasteiger partial charge in [0, 0.05) is 26.0 Å². The van der Waals surface area contributed by atoms with Crippen LogP contribution in [0.2, 0.25) is 0 Å². The number of hydrogen-bond donors (Lipinski definition) is 0. The van der Waals surface area contributed by atoms with Crippen molar-refractivity contribution in [3.05, 3.63) is 26.0 Å². The molecule has 0 atom stereocenters. The molecular formula is C11H9BrINO3. The predicted octanol–water partition coefficient (Wildman–Crippen LogP) is 2.62. The Balaban J connectivity index is 3.00. The van der Waals surface area contributed by atoms with Gasteiger partial charge in [-0.1, -0.05) is 0 Å². The number of halogens is 2. The van der Waals surface area contributed by atoms with Crippen molar-refractivity contribution in [3.63, 3.8) is 0 Å². The highest BCUT2D eigenvalue weighted by molar-refractivity contribution is 14.1. The van der Waals surface area contributed by atoms with Gasteiger partial charge >= 0.3 is 5.97 Å². The molecule has 0 aliphatic rings. The number of ether oxygens (including phenoxy) is 1. The van der Waals surface area contributed by atoms with Crippen LogP contribution in [-0.2, 0) is 14.3 Å². The molecule has 0 radical (unpaired) electrons. The first-order valence-electron chi connectivity index (χ1n) is 4.79. The maximum Gasteiger partial charge on any atom is 0.311 e. The van der Waals surface area contributed by atoms with Gasteiger partial charge in [-0.15, -0.1) is 0 Å². The second-order valence-corrected chi connectivity index (χ2v) is 4.98. The monoisotopic (exact) mass is 409 g/mol. The molecule has 6 heteroatoms. The molecule has 90 valence electrons. The molecule has 0 spiro atoms. The normalized spacial score (nSPS) is 9.59. The summed E-state index contributed by atoms with van der Waals surface area (Å²) in [6.07, 6.45) is 3.07. The first-order valence-corrected chi connectivity index (χ1v) is 6.66. The van der Waals surface area contributed by atoms with Gasteiger partial charge < -0.3 is 4.74 Å². The standard InChI is InChI=1S/C11H9BrINO3/c1-2-17-10(16)3-7(6-15)8-4-14-5-9(12)11(8)13/h4-5H,2-3H2,1H3. The summed E-state index contributed by atoms with van der Waals surface area (Å²) in [6.45, 7) is 2.01. The van der Waals surface area contributed by atoms with E-state index in [1.807, 2.05) is 0 Å². The first kappa shape index (κ1) is 14.3. The maximum absolute atomic E-state index is 11.3. The van der Waals surface area contributed by atoms with Gasteiger partial charge in [-0.2, -0.15) is 0 Å². The quantitative estimate of drug-likeness (QED) is 0.435. The second-order valence-electron chi connectivity index (χ2n) is 3.05. The third kappa shape index (κ3) is 3.90. The molecule has 0 aromatic carbocycles. The molecule has 0 aliphatic heterocycles. The average molecular weight is 410 g/mol. The van der Waals surface area contributed by atoms with Gasteiger partial charge in [-0.05, 0) is 45.4 Å². The third-order valence-electron chi connectivity index (χ3n) is 1.91. The molecule has 0 unspecified atom stereocenters. The molecule has 0 N–H and O–H groups in total. The maximum atomic E-state index is 11.3. The Labute approximate surface area is 121 Å². The lowest BCUT2D eigenvalue weighted by molar-refractivity contribution is -0.141. The SMILES string of the molecule is CCOC(=O)CC(=C=O)c1cncc(Br)c1I. The zero-order chi connectivity index (χ0) is 12.8. The lowest BCUT2D eigenvalue weighted by Crippen LogP contribution is -2.06. The number of hydrogen-bond acceptors (Lipinski definition) is 4. The zero-order valence-electron chi connectivity index (χ0n) is 9.00. The second kappa shape index (κ2) is 6.88. The van der Waals surface area contributed by atoms with Crippen molar-refractivity contribution in [2.45, 2.75) is 13.3 Å². The van der Waals surface area contributed by atoms with Crippen LogP contribution in [0.3, 0.4) is 0 Å². The van der Waals surface area contributed by atoms with Crippen molar-refractivity contribution >= 4 is 56.0 Å². The third-order valence-corrected chi connectivity index (χ3v) is 4.42. The molecule has 1 heterocycles. The highest BCUT2D eigenvalue weighted by Gasteiger charge is 2.14. The molecule has 17 heavy (non-hydrogen) atoms. The van der Waals surface area contributed by atoms with E-state index in [0.717, 1.165) is 8.04 Å². The van der Waals surface area contributed by atoms with Gasteiger partial charge in [0.15, 0.2) is 0 Å². The van der Waals surface area contributed by atoms with Gasteiger partial charge in [0.1, 0.15) is 5.94 Å². The summed E-state index contributed by atoms with van der Waals surface area (Å²) in [7, 11) is 0. The van der Waals surface area contributed by atoms with Crippen LogP contribution in [0.5, 0.6) is 0 Å². The van der Waals surface area contributed by atoms with Crippen LogP contribution in [0.4, 0.5) is 0 Å². The Morgan fingerprint density at radius 3 is 2.88 bits per heavy atom. The number of esters is 1. The fourth-order valence-corrected chi connectivity index (χ4v) is 2.11. The largest absolute Gasteiger partial charge is 0.466 e. The van der Waals surface area contributed by atoms with E-state index >= 15 is 0 Å². The van der Waals surface area contributed by atoms with Crippen LogP contribution in [0, 0.1) is 3.57 Å². The Hall–Kier alpha value is -0.720. The summed E-state index contributed by atoms with van der Waals surface area (Å²) in [5.41, 5.74) is 0.852. The van der Waals surface area contributed by atoms with Crippen molar-refractivity contribution < 1.29 is 14.3 Å². The summed E-state index contributed by atoms with van der Waals surface area (Å²) >= 11 is 5.38. The fourth-order valence-electron chi connectivity index (χ4n) is 1.17. The summed E-state index contributed by atoms with van der Waals surface area (Å²) in [5, 5.41) is 0. The van der Waals surface area contributed by atoms with Crippen molar-refractivity contribution in [2.75, 3.05) is 6.61 Å².